The Balaban J connectivity index is 2.54. The number of hydrogen-bond donors (Lipinski definition) is 0. The Labute approximate surface area is 120 Å². The molecule has 0 bridgehead atoms. The van der Waals surface area contributed by atoms with Gasteiger partial charge in [0.2, 0.25) is 0 Å². The Morgan fingerprint density at radius 3 is 2.83 bits per heavy atom. The molecule has 0 unspecified atom stereocenters. The third-order valence-corrected chi connectivity index (χ3v) is 4.06. The summed E-state index contributed by atoms with van der Waals surface area (Å²) >= 11 is 5.18. The van der Waals surface area contributed by atoms with Crippen LogP contribution in [0.25, 0.3) is 0 Å². The smallest absolute Gasteiger partial charge is 0.344 e. The molecule has 0 heterocycles. The molecule has 0 aromatic heterocycles. The molecule has 0 aliphatic rings. The molecule has 0 aliphatic heterocycles. The van der Waals surface area contributed by atoms with Gasteiger partial charge in [0.15, 0.2) is 6.61 Å². The molecule has 0 fully saturated rings. The van der Waals surface area contributed by atoms with E-state index in [1.165, 1.54) is 4.90 Å². The van der Waals surface area contributed by atoms with E-state index in [1.54, 1.807) is 18.7 Å². The predicted octanol–water partition coefficient (Wildman–Crippen LogP) is 3.42. The van der Waals surface area contributed by atoms with E-state index in [0.29, 0.717) is 6.61 Å². The van der Waals surface area contributed by atoms with Crippen molar-refractivity contribution < 1.29 is 14.3 Å². The molecule has 100 valence electrons. The predicted molar refractivity (Wildman–Crippen MR) is 77.8 cm³/mol. The number of rotatable bonds is 7. The lowest BCUT2D eigenvalue weighted by atomic mass is 10.2. The fraction of sp³-hybridized carbons (Fsp3) is 0.462. The highest BCUT2D eigenvalue weighted by Gasteiger charge is 2.06. The number of ether oxygens (including phenoxy) is 2. The van der Waals surface area contributed by atoms with Crippen molar-refractivity contribution in [3.63, 3.8) is 0 Å². The van der Waals surface area contributed by atoms with Gasteiger partial charge in [0, 0.05) is 16.0 Å². The van der Waals surface area contributed by atoms with Crippen molar-refractivity contribution in [3.8, 4) is 5.75 Å². The van der Waals surface area contributed by atoms with Crippen LogP contribution in [0.4, 0.5) is 0 Å². The second-order valence-corrected chi connectivity index (χ2v) is 5.52. The molecule has 3 nitrogen and oxygen atoms in total. The van der Waals surface area contributed by atoms with Gasteiger partial charge in [-0.2, -0.15) is 0 Å². The second-order valence-electron chi connectivity index (χ2n) is 3.56. The van der Waals surface area contributed by atoms with Crippen molar-refractivity contribution in [2.75, 3.05) is 24.3 Å². The molecule has 1 aromatic carbocycles. The normalized spacial score (nSPS) is 10.2. The number of thioether (sulfide) groups is 1. The van der Waals surface area contributed by atoms with Crippen LogP contribution >= 0.6 is 27.7 Å². The summed E-state index contributed by atoms with van der Waals surface area (Å²) in [7, 11) is 0. The quantitative estimate of drug-likeness (QED) is 0.435. The number of benzene rings is 1. The number of carbonyl (C=O) groups excluding carboxylic acids is 1. The number of aryl methyl sites for hydroxylation is 1. The van der Waals surface area contributed by atoms with Gasteiger partial charge in [-0.15, -0.1) is 11.8 Å². The maximum absolute atomic E-state index is 11.2. The van der Waals surface area contributed by atoms with E-state index in [1.807, 2.05) is 19.1 Å². The number of alkyl halides is 1. The molecule has 0 N–H and O–H groups in total. The summed E-state index contributed by atoms with van der Waals surface area (Å²) in [6.45, 7) is 4.09. The Morgan fingerprint density at radius 1 is 1.44 bits per heavy atom. The first-order valence-corrected chi connectivity index (χ1v) is 7.86. The number of esters is 1. The summed E-state index contributed by atoms with van der Waals surface area (Å²) in [5.74, 6) is 1.42. The van der Waals surface area contributed by atoms with E-state index < -0.39 is 0 Å². The Kier molecular flexibility index (Phi) is 7.20. The summed E-state index contributed by atoms with van der Waals surface area (Å²) in [6.07, 6.45) is 0. The monoisotopic (exact) mass is 332 g/mol. The molecule has 1 aromatic rings. The SMILES string of the molecule is CCOC(=O)COc1ccc(SCCBr)cc1C. The molecular formula is C13H17BrO3S. The summed E-state index contributed by atoms with van der Waals surface area (Å²) in [4.78, 5) is 12.4. The third-order valence-electron chi connectivity index (χ3n) is 2.14. The Morgan fingerprint density at radius 2 is 2.22 bits per heavy atom. The minimum absolute atomic E-state index is 0.0391. The number of halogens is 1. The van der Waals surface area contributed by atoms with E-state index in [-0.39, 0.29) is 12.6 Å². The Bertz CT molecular complexity index is 396. The molecule has 18 heavy (non-hydrogen) atoms. The van der Waals surface area contributed by atoms with Crippen LogP contribution in [-0.2, 0) is 9.53 Å². The first kappa shape index (κ1) is 15.4. The van der Waals surface area contributed by atoms with Gasteiger partial charge in [-0.05, 0) is 37.6 Å². The van der Waals surface area contributed by atoms with Gasteiger partial charge in [-0.25, -0.2) is 4.79 Å². The summed E-state index contributed by atoms with van der Waals surface area (Å²) in [6, 6.07) is 5.96. The lowest BCUT2D eigenvalue weighted by Crippen LogP contribution is -2.14. The highest BCUT2D eigenvalue weighted by atomic mass is 79.9. The first-order valence-electron chi connectivity index (χ1n) is 5.75. The van der Waals surface area contributed by atoms with Gasteiger partial charge >= 0.3 is 5.97 Å². The van der Waals surface area contributed by atoms with Crippen molar-refractivity contribution in [3.05, 3.63) is 23.8 Å². The molecule has 5 heteroatoms. The van der Waals surface area contributed by atoms with E-state index >= 15 is 0 Å². The van der Waals surface area contributed by atoms with Crippen molar-refractivity contribution in [2.45, 2.75) is 18.7 Å². The fourth-order valence-electron chi connectivity index (χ4n) is 1.37. The molecule has 0 aliphatic carbocycles. The van der Waals surface area contributed by atoms with Gasteiger partial charge in [0.25, 0.3) is 0 Å². The highest BCUT2D eigenvalue weighted by molar-refractivity contribution is 9.09. The van der Waals surface area contributed by atoms with Crippen LogP contribution in [0.3, 0.4) is 0 Å². The molecule has 0 amide bonds. The third kappa shape index (κ3) is 5.31. The van der Waals surface area contributed by atoms with E-state index in [0.717, 1.165) is 22.4 Å². The lowest BCUT2D eigenvalue weighted by Gasteiger charge is -2.09. The van der Waals surface area contributed by atoms with Crippen molar-refractivity contribution >= 4 is 33.7 Å². The van der Waals surface area contributed by atoms with Crippen molar-refractivity contribution in [1.82, 2.24) is 0 Å². The van der Waals surface area contributed by atoms with Crippen LogP contribution < -0.4 is 4.74 Å². The molecule has 1 rings (SSSR count). The average Bonchev–Trinajstić information content (AvgIpc) is 2.35. The molecule has 0 saturated heterocycles. The second kappa shape index (κ2) is 8.43. The van der Waals surface area contributed by atoms with Crippen LogP contribution in [0.15, 0.2) is 23.1 Å². The minimum Gasteiger partial charge on any atom is -0.482 e. The standard InChI is InChI=1S/C13H17BrO3S/c1-3-16-13(15)9-17-12-5-4-11(8-10(12)2)18-7-6-14/h4-5,8H,3,6-7,9H2,1-2H3. The molecular weight excluding hydrogens is 316 g/mol. The lowest BCUT2D eigenvalue weighted by molar-refractivity contribution is -0.145. The zero-order valence-corrected chi connectivity index (χ0v) is 13.0. The first-order chi connectivity index (χ1) is 8.67. The van der Waals surface area contributed by atoms with Gasteiger partial charge in [-0.1, -0.05) is 15.9 Å². The van der Waals surface area contributed by atoms with Gasteiger partial charge in [0.05, 0.1) is 6.61 Å². The van der Waals surface area contributed by atoms with Crippen LogP contribution in [0.1, 0.15) is 12.5 Å². The zero-order chi connectivity index (χ0) is 13.4. The summed E-state index contributed by atoms with van der Waals surface area (Å²) in [5, 5.41) is 0.970. The summed E-state index contributed by atoms with van der Waals surface area (Å²) < 4.78 is 10.2. The zero-order valence-electron chi connectivity index (χ0n) is 10.6. The van der Waals surface area contributed by atoms with Gasteiger partial charge in [-0.3, -0.25) is 0 Å². The Hall–Kier alpha value is -0.680. The maximum Gasteiger partial charge on any atom is 0.344 e. The maximum atomic E-state index is 11.2. The highest BCUT2D eigenvalue weighted by Crippen LogP contribution is 2.25. The topological polar surface area (TPSA) is 35.5 Å². The van der Waals surface area contributed by atoms with E-state index in [9.17, 15) is 4.79 Å². The molecule has 0 saturated carbocycles. The largest absolute Gasteiger partial charge is 0.482 e. The number of carbonyl (C=O) groups is 1. The van der Waals surface area contributed by atoms with Crippen LogP contribution in [-0.4, -0.2) is 30.3 Å². The van der Waals surface area contributed by atoms with Crippen LogP contribution in [0.5, 0.6) is 5.75 Å². The summed E-state index contributed by atoms with van der Waals surface area (Å²) in [5.41, 5.74) is 1.03. The molecule has 0 atom stereocenters. The van der Waals surface area contributed by atoms with E-state index in [4.69, 9.17) is 9.47 Å². The van der Waals surface area contributed by atoms with Crippen molar-refractivity contribution in [2.24, 2.45) is 0 Å². The average molecular weight is 333 g/mol. The van der Waals surface area contributed by atoms with Gasteiger partial charge in [0.1, 0.15) is 5.75 Å². The van der Waals surface area contributed by atoms with Crippen molar-refractivity contribution in [1.29, 1.82) is 0 Å². The molecule has 0 spiro atoms. The van der Waals surface area contributed by atoms with Gasteiger partial charge < -0.3 is 9.47 Å². The minimum atomic E-state index is -0.338. The van der Waals surface area contributed by atoms with E-state index in [2.05, 4.69) is 22.0 Å². The fourth-order valence-corrected chi connectivity index (χ4v) is 2.59. The van der Waals surface area contributed by atoms with Crippen LogP contribution in [0, 0.1) is 6.92 Å². The number of hydrogen-bond acceptors (Lipinski definition) is 4. The van der Waals surface area contributed by atoms with Crippen LogP contribution in [0.2, 0.25) is 0 Å². The molecule has 0 radical (unpaired) electrons.